The number of hydrogen-bond acceptors (Lipinski definition) is 0. The summed E-state index contributed by atoms with van der Waals surface area (Å²) < 4.78 is 72.5. The van der Waals surface area contributed by atoms with Crippen molar-refractivity contribution in [3.05, 3.63) is 23.8 Å². The standard InChI is InChI=1S/C6H2F6/c7-3-1-5(9,10)2-4(8)6(3,11)12/h1-2H. The highest BCUT2D eigenvalue weighted by molar-refractivity contribution is 5.31. The zero-order valence-corrected chi connectivity index (χ0v) is 5.42. The molecule has 0 spiro atoms. The van der Waals surface area contributed by atoms with Crippen LogP contribution in [0.1, 0.15) is 0 Å². The maximum absolute atomic E-state index is 12.1. The summed E-state index contributed by atoms with van der Waals surface area (Å²) in [6, 6.07) is 0. The molecule has 0 amide bonds. The minimum absolute atomic E-state index is 0.615. The molecule has 0 heterocycles. The van der Waals surface area contributed by atoms with Gasteiger partial charge in [-0.3, -0.25) is 0 Å². The topological polar surface area (TPSA) is 0 Å². The molecule has 6 heteroatoms. The van der Waals surface area contributed by atoms with E-state index in [1.807, 2.05) is 0 Å². The van der Waals surface area contributed by atoms with Crippen LogP contribution < -0.4 is 0 Å². The van der Waals surface area contributed by atoms with Gasteiger partial charge in [-0.1, -0.05) is 0 Å². The summed E-state index contributed by atoms with van der Waals surface area (Å²) in [5.41, 5.74) is 0. The van der Waals surface area contributed by atoms with Gasteiger partial charge in [0.15, 0.2) is 11.7 Å². The highest BCUT2D eigenvalue weighted by Gasteiger charge is 2.48. The second-order valence-corrected chi connectivity index (χ2v) is 2.23. The molecule has 1 rings (SSSR count). The van der Waals surface area contributed by atoms with Gasteiger partial charge in [0, 0.05) is 12.2 Å². The third-order valence-electron chi connectivity index (χ3n) is 1.24. The van der Waals surface area contributed by atoms with Crippen LogP contribution in [0, 0.1) is 0 Å². The fourth-order valence-electron chi connectivity index (χ4n) is 0.675. The summed E-state index contributed by atoms with van der Waals surface area (Å²) >= 11 is 0. The summed E-state index contributed by atoms with van der Waals surface area (Å²) in [4.78, 5) is 0. The molecule has 0 saturated carbocycles. The Kier molecular flexibility index (Phi) is 1.73. The van der Waals surface area contributed by atoms with Gasteiger partial charge in [0.25, 0.3) is 5.92 Å². The highest BCUT2D eigenvalue weighted by Crippen LogP contribution is 2.41. The molecule has 0 bridgehead atoms. The van der Waals surface area contributed by atoms with Crippen molar-refractivity contribution in [1.82, 2.24) is 0 Å². The minimum Gasteiger partial charge on any atom is -0.205 e. The normalized spacial score (nSPS) is 26.2. The van der Waals surface area contributed by atoms with Crippen LogP contribution in [0.5, 0.6) is 0 Å². The van der Waals surface area contributed by atoms with Crippen molar-refractivity contribution >= 4 is 0 Å². The average molecular weight is 188 g/mol. The molecular formula is C6H2F6. The number of alkyl halides is 4. The van der Waals surface area contributed by atoms with Crippen molar-refractivity contribution in [2.24, 2.45) is 0 Å². The summed E-state index contributed by atoms with van der Waals surface area (Å²) in [5.74, 6) is -13.4. The molecule has 0 fully saturated rings. The van der Waals surface area contributed by atoms with E-state index in [-0.39, 0.29) is 0 Å². The first kappa shape index (κ1) is 9.15. The van der Waals surface area contributed by atoms with E-state index in [4.69, 9.17) is 0 Å². The molecule has 0 radical (unpaired) electrons. The van der Waals surface area contributed by atoms with Gasteiger partial charge in [0.2, 0.25) is 0 Å². The number of rotatable bonds is 0. The zero-order chi connectivity index (χ0) is 9.57. The average Bonchev–Trinajstić information content (AvgIpc) is 1.82. The monoisotopic (exact) mass is 188 g/mol. The highest BCUT2D eigenvalue weighted by atomic mass is 19.3. The Morgan fingerprint density at radius 3 is 1.50 bits per heavy atom. The van der Waals surface area contributed by atoms with E-state index in [0.29, 0.717) is 0 Å². The van der Waals surface area contributed by atoms with Crippen LogP contribution in [0.4, 0.5) is 26.3 Å². The third-order valence-corrected chi connectivity index (χ3v) is 1.24. The Bertz CT molecular complexity index is 237. The maximum Gasteiger partial charge on any atom is 0.349 e. The smallest absolute Gasteiger partial charge is 0.205 e. The van der Waals surface area contributed by atoms with E-state index in [1.165, 1.54) is 0 Å². The molecule has 68 valence electrons. The van der Waals surface area contributed by atoms with Gasteiger partial charge in [-0.2, -0.15) is 17.6 Å². The van der Waals surface area contributed by atoms with Crippen LogP contribution in [-0.4, -0.2) is 11.8 Å². The lowest BCUT2D eigenvalue weighted by molar-refractivity contribution is 0.00885. The first-order valence-electron chi connectivity index (χ1n) is 2.79. The molecule has 0 aromatic heterocycles. The molecule has 0 aromatic rings. The molecule has 0 unspecified atom stereocenters. The predicted molar refractivity (Wildman–Crippen MR) is 28.3 cm³/mol. The second kappa shape index (κ2) is 2.27. The van der Waals surface area contributed by atoms with E-state index in [2.05, 4.69) is 0 Å². The molecular weight excluding hydrogens is 186 g/mol. The van der Waals surface area contributed by atoms with Crippen LogP contribution in [0.2, 0.25) is 0 Å². The summed E-state index contributed by atoms with van der Waals surface area (Å²) in [7, 11) is 0. The van der Waals surface area contributed by atoms with Gasteiger partial charge in [0.1, 0.15) is 0 Å². The Balaban J connectivity index is 3.14. The van der Waals surface area contributed by atoms with E-state index in [1.54, 1.807) is 0 Å². The van der Waals surface area contributed by atoms with Crippen molar-refractivity contribution in [3.8, 4) is 0 Å². The van der Waals surface area contributed by atoms with Crippen LogP contribution in [0.25, 0.3) is 0 Å². The van der Waals surface area contributed by atoms with Crippen LogP contribution in [0.3, 0.4) is 0 Å². The fraction of sp³-hybridized carbons (Fsp3) is 0.333. The van der Waals surface area contributed by atoms with Crippen molar-refractivity contribution in [3.63, 3.8) is 0 Å². The van der Waals surface area contributed by atoms with Crippen LogP contribution in [-0.2, 0) is 0 Å². The molecule has 12 heavy (non-hydrogen) atoms. The first-order valence-corrected chi connectivity index (χ1v) is 2.79. The summed E-state index contributed by atoms with van der Waals surface area (Å²) in [6.45, 7) is 0. The van der Waals surface area contributed by atoms with E-state index >= 15 is 0 Å². The Morgan fingerprint density at radius 2 is 1.17 bits per heavy atom. The number of halogens is 6. The summed E-state index contributed by atoms with van der Waals surface area (Å²) in [5, 5.41) is 0. The van der Waals surface area contributed by atoms with E-state index < -0.39 is 35.7 Å². The predicted octanol–water partition coefficient (Wildman–Crippen LogP) is 2.98. The maximum atomic E-state index is 12.1. The zero-order valence-electron chi connectivity index (χ0n) is 5.42. The van der Waals surface area contributed by atoms with Gasteiger partial charge in [0.05, 0.1) is 0 Å². The molecule has 0 saturated heterocycles. The lowest BCUT2D eigenvalue weighted by Gasteiger charge is -2.19. The van der Waals surface area contributed by atoms with Crippen molar-refractivity contribution in [2.75, 3.05) is 0 Å². The van der Waals surface area contributed by atoms with Crippen LogP contribution >= 0.6 is 0 Å². The quantitative estimate of drug-likeness (QED) is 0.512. The van der Waals surface area contributed by atoms with E-state index in [9.17, 15) is 26.3 Å². The van der Waals surface area contributed by atoms with Gasteiger partial charge >= 0.3 is 5.92 Å². The molecule has 0 aromatic carbocycles. The largest absolute Gasteiger partial charge is 0.349 e. The van der Waals surface area contributed by atoms with Gasteiger partial charge in [-0.05, 0) is 0 Å². The minimum atomic E-state index is -4.54. The Morgan fingerprint density at radius 1 is 0.833 bits per heavy atom. The number of hydrogen-bond donors (Lipinski definition) is 0. The first-order chi connectivity index (χ1) is 5.26. The molecule has 0 atom stereocenters. The summed E-state index contributed by atoms with van der Waals surface area (Å²) in [6.07, 6.45) is -1.23. The van der Waals surface area contributed by atoms with Gasteiger partial charge < -0.3 is 0 Å². The molecule has 1 aliphatic carbocycles. The molecule has 0 aliphatic heterocycles. The Hall–Kier alpha value is -0.940. The van der Waals surface area contributed by atoms with Gasteiger partial charge in [-0.15, -0.1) is 0 Å². The van der Waals surface area contributed by atoms with Crippen molar-refractivity contribution in [1.29, 1.82) is 0 Å². The SMILES string of the molecule is FC1=CC(F)(F)C=C(F)C1(F)F. The number of allylic oxidation sites excluding steroid dienone is 4. The lowest BCUT2D eigenvalue weighted by atomic mass is 10.1. The Labute approximate surface area is 63.2 Å². The van der Waals surface area contributed by atoms with E-state index in [0.717, 1.165) is 0 Å². The fourth-order valence-corrected chi connectivity index (χ4v) is 0.675. The molecule has 0 nitrogen and oxygen atoms in total. The van der Waals surface area contributed by atoms with Crippen molar-refractivity contribution < 1.29 is 26.3 Å². The third kappa shape index (κ3) is 1.33. The van der Waals surface area contributed by atoms with Crippen molar-refractivity contribution in [2.45, 2.75) is 11.8 Å². The lowest BCUT2D eigenvalue weighted by Crippen LogP contribution is -2.27. The van der Waals surface area contributed by atoms with Gasteiger partial charge in [-0.25, -0.2) is 8.78 Å². The molecule has 0 N–H and O–H groups in total. The molecule has 1 aliphatic rings. The second-order valence-electron chi connectivity index (χ2n) is 2.23. The van der Waals surface area contributed by atoms with Crippen LogP contribution in [0.15, 0.2) is 23.8 Å².